The van der Waals surface area contributed by atoms with E-state index < -0.39 is 5.91 Å². The fourth-order valence-corrected chi connectivity index (χ4v) is 3.25. The van der Waals surface area contributed by atoms with Gasteiger partial charge in [0.2, 0.25) is 5.91 Å². The largest absolute Gasteiger partial charge is 0.349 e. The summed E-state index contributed by atoms with van der Waals surface area (Å²) < 4.78 is 2.16. The van der Waals surface area contributed by atoms with E-state index in [1.165, 1.54) is 0 Å². The molecule has 0 unspecified atom stereocenters. The zero-order valence-corrected chi connectivity index (χ0v) is 17.5. The first-order valence-corrected chi connectivity index (χ1v) is 9.85. The number of hydrogen-bond donors (Lipinski definition) is 2. The molecular weight excluding hydrogens is 364 g/mol. The highest BCUT2D eigenvalue weighted by Crippen LogP contribution is 2.19. The number of carbonyl (C=O) groups is 2. The zero-order valence-electron chi connectivity index (χ0n) is 17.5. The van der Waals surface area contributed by atoms with Crippen molar-refractivity contribution in [3.63, 3.8) is 0 Å². The number of para-hydroxylation sites is 1. The van der Waals surface area contributed by atoms with Gasteiger partial charge < -0.3 is 15.2 Å². The molecule has 2 amide bonds. The van der Waals surface area contributed by atoms with Gasteiger partial charge in [0.25, 0.3) is 5.91 Å². The molecule has 0 bridgehead atoms. The second-order valence-corrected chi connectivity index (χ2v) is 6.89. The van der Waals surface area contributed by atoms with Crippen molar-refractivity contribution in [2.24, 2.45) is 0 Å². The molecule has 0 aliphatic carbocycles. The summed E-state index contributed by atoms with van der Waals surface area (Å²) >= 11 is 0. The molecule has 0 saturated carbocycles. The third kappa shape index (κ3) is 5.58. The fourth-order valence-electron chi connectivity index (χ4n) is 3.25. The molecule has 2 aromatic rings. The predicted molar refractivity (Wildman–Crippen MR) is 115 cm³/mol. The summed E-state index contributed by atoms with van der Waals surface area (Å²) in [6.45, 7) is 8.77. The van der Waals surface area contributed by atoms with Crippen LogP contribution in [0, 0.1) is 25.2 Å². The van der Waals surface area contributed by atoms with E-state index in [-0.39, 0.29) is 18.0 Å². The Morgan fingerprint density at radius 1 is 1.21 bits per heavy atom. The molecular formula is C23H28N4O2. The molecule has 6 nitrogen and oxygen atoms in total. The maximum atomic E-state index is 12.4. The Morgan fingerprint density at radius 2 is 1.93 bits per heavy atom. The van der Waals surface area contributed by atoms with Crippen LogP contribution in [0.5, 0.6) is 0 Å². The van der Waals surface area contributed by atoms with Crippen LogP contribution in [-0.2, 0) is 22.6 Å². The molecule has 2 rings (SSSR count). The number of hydrogen-bond acceptors (Lipinski definition) is 3. The van der Waals surface area contributed by atoms with Crippen LogP contribution in [0.25, 0.3) is 6.08 Å². The molecule has 152 valence electrons. The van der Waals surface area contributed by atoms with Gasteiger partial charge in [-0.2, -0.15) is 5.26 Å². The molecule has 6 heteroatoms. The van der Waals surface area contributed by atoms with Crippen LogP contribution in [0.4, 0.5) is 5.69 Å². The Balaban J connectivity index is 2.05. The molecule has 0 radical (unpaired) electrons. The summed E-state index contributed by atoms with van der Waals surface area (Å²) in [6.07, 6.45) is 3.37. The first kappa shape index (κ1) is 22.0. The van der Waals surface area contributed by atoms with Crippen molar-refractivity contribution in [1.29, 1.82) is 5.26 Å². The van der Waals surface area contributed by atoms with Gasteiger partial charge in [0.05, 0.1) is 6.54 Å². The summed E-state index contributed by atoms with van der Waals surface area (Å²) in [5.41, 5.74) is 4.66. The SMILES string of the molecule is CCCn1c(C)cc(/C=C(\C#N)C(=O)NCC(=O)Nc2ccccc2CC)c1C. The molecule has 0 fully saturated rings. The van der Waals surface area contributed by atoms with Crippen LogP contribution in [0.3, 0.4) is 0 Å². The molecule has 2 N–H and O–H groups in total. The summed E-state index contributed by atoms with van der Waals surface area (Å²) in [6, 6.07) is 11.4. The van der Waals surface area contributed by atoms with Gasteiger partial charge >= 0.3 is 0 Å². The number of anilines is 1. The Morgan fingerprint density at radius 3 is 2.59 bits per heavy atom. The van der Waals surface area contributed by atoms with Gasteiger partial charge in [-0.3, -0.25) is 9.59 Å². The minimum absolute atomic E-state index is 0.0245. The average Bonchev–Trinajstić information content (AvgIpc) is 2.98. The van der Waals surface area contributed by atoms with Gasteiger partial charge in [0.15, 0.2) is 0 Å². The number of nitrogens with zero attached hydrogens (tertiary/aromatic N) is 2. The van der Waals surface area contributed by atoms with Crippen molar-refractivity contribution < 1.29 is 9.59 Å². The number of aromatic nitrogens is 1. The molecule has 29 heavy (non-hydrogen) atoms. The molecule has 0 atom stereocenters. The van der Waals surface area contributed by atoms with Gasteiger partial charge in [-0.05, 0) is 56.0 Å². The lowest BCUT2D eigenvalue weighted by Gasteiger charge is -2.10. The number of carbonyl (C=O) groups excluding carboxylic acids is 2. The second kappa shape index (κ2) is 10.3. The first-order valence-electron chi connectivity index (χ1n) is 9.85. The smallest absolute Gasteiger partial charge is 0.262 e. The van der Waals surface area contributed by atoms with Crippen LogP contribution < -0.4 is 10.6 Å². The van der Waals surface area contributed by atoms with E-state index in [1.54, 1.807) is 6.08 Å². The summed E-state index contributed by atoms with van der Waals surface area (Å²) in [4.78, 5) is 24.6. The molecule has 0 aliphatic heterocycles. The Labute approximate surface area is 172 Å². The van der Waals surface area contributed by atoms with Gasteiger partial charge in [-0.25, -0.2) is 0 Å². The van der Waals surface area contributed by atoms with Crippen molar-refractivity contribution >= 4 is 23.6 Å². The maximum absolute atomic E-state index is 12.4. The highest BCUT2D eigenvalue weighted by molar-refractivity contribution is 6.04. The Bertz CT molecular complexity index is 964. The van der Waals surface area contributed by atoms with E-state index in [0.717, 1.165) is 47.6 Å². The molecule has 1 aromatic heterocycles. The lowest BCUT2D eigenvalue weighted by atomic mass is 10.1. The van der Waals surface area contributed by atoms with Crippen molar-refractivity contribution in [2.45, 2.75) is 47.1 Å². The zero-order chi connectivity index (χ0) is 21.4. The van der Waals surface area contributed by atoms with Gasteiger partial charge in [-0.15, -0.1) is 0 Å². The van der Waals surface area contributed by atoms with E-state index in [9.17, 15) is 14.9 Å². The average molecular weight is 393 g/mol. The molecule has 0 saturated heterocycles. The van der Waals surface area contributed by atoms with Gasteiger partial charge in [0, 0.05) is 23.6 Å². The standard InChI is InChI=1S/C23H28N4O2/c1-5-11-27-16(3)12-19(17(27)4)13-20(14-24)23(29)25-15-22(28)26-21-10-8-7-9-18(21)6-2/h7-10,12-13H,5-6,11,15H2,1-4H3,(H,25,29)(H,26,28)/b20-13+. The number of nitriles is 1. The molecule has 1 aromatic carbocycles. The summed E-state index contributed by atoms with van der Waals surface area (Å²) in [5.74, 6) is -0.899. The monoisotopic (exact) mass is 392 g/mol. The molecule has 1 heterocycles. The summed E-state index contributed by atoms with van der Waals surface area (Å²) in [5, 5.41) is 14.7. The first-order chi connectivity index (χ1) is 13.9. The lowest BCUT2D eigenvalue weighted by molar-refractivity contribution is -0.121. The van der Waals surface area contributed by atoms with Crippen molar-refractivity contribution in [1.82, 2.24) is 9.88 Å². The lowest BCUT2D eigenvalue weighted by Crippen LogP contribution is -2.33. The predicted octanol–water partition coefficient (Wildman–Crippen LogP) is 3.74. The highest BCUT2D eigenvalue weighted by Gasteiger charge is 2.14. The van der Waals surface area contributed by atoms with Crippen LogP contribution in [0.15, 0.2) is 35.9 Å². The van der Waals surface area contributed by atoms with Crippen molar-refractivity contribution in [3.8, 4) is 6.07 Å². The van der Waals surface area contributed by atoms with Crippen molar-refractivity contribution in [3.05, 3.63) is 58.4 Å². The topological polar surface area (TPSA) is 86.9 Å². The minimum atomic E-state index is -0.563. The quantitative estimate of drug-likeness (QED) is 0.530. The van der Waals surface area contributed by atoms with Crippen LogP contribution in [-0.4, -0.2) is 22.9 Å². The van der Waals surface area contributed by atoms with E-state index in [2.05, 4.69) is 22.1 Å². The number of amides is 2. The van der Waals surface area contributed by atoms with E-state index in [0.29, 0.717) is 0 Å². The van der Waals surface area contributed by atoms with Crippen LogP contribution in [0.2, 0.25) is 0 Å². The van der Waals surface area contributed by atoms with E-state index >= 15 is 0 Å². The van der Waals surface area contributed by atoms with Crippen LogP contribution >= 0.6 is 0 Å². The number of benzene rings is 1. The third-order valence-corrected chi connectivity index (χ3v) is 4.81. The molecule has 0 spiro atoms. The fraction of sp³-hybridized carbons (Fsp3) is 0.348. The van der Waals surface area contributed by atoms with E-state index in [1.807, 2.05) is 57.2 Å². The number of rotatable bonds is 8. The van der Waals surface area contributed by atoms with Gasteiger partial charge in [0.1, 0.15) is 11.6 Å². The van der Waals surface area contributed by atoms with Gasteiger partial charge in [-0.1, -0.05) is 32.0 Å². The second-order valence-electron chi connectivity index (χ2n) is 6.89. The Hall–Kier alpha value is -3.33. The van der Waals surface area contributed by atoms with Crippen molar-refractivity contribution in [2.75, 3.05) is 11.9 Å². The maximum Gasteiger partial charge on any atom is 0.262 e. The van der Waals surface area contributed by atoms with E-state index in [4.69, 9.17) is 0 Å². The minimum Gasteiger partial charge on any atom is -0.349 e. The number of nitrogens with one attached hydrogen (secondary N) is 2. The third-order valence-electron chi connectivity index (χ3n) is 4.81. The normalized spacial score (nSPS) is 11.1. The number of aryl methyl sites for hydroxylation is 2. The van der Waals surface area contributed by atoms with Crippen LogP contribution in [0.1, 0.15) is 42.8 Å². The molecule has 0 aliphatic rings. The summed E-state index contributed by atoms with van der Waals surface area (Å²) in [7, 11) is 0. The highest BCUT2D eigenvalue weighted by atomic mass is 16.2. The Kier molecular flexibility index (Phi) is 7.79.